The van der Waals surface area contributed by atoms with Crippen LogP contribution >= 0.6 is 11.6 Å². The Morgan fingerprint density at radius 3 is 2.37 bits per heavy atom. The van der Waals surface area contributed by atoms with Gasteiger partial charge in [-0.2, -0.15) is 0 Å². The largest absolute Gasteiger partial charge is 0.274 e. The molecule has 3 nitrogen and oxygen atoms in total. The van der Waals surface area contributed by atoms with Gasteiger partial charge in [0.05, 0.1) is 17.5 Å². The summed E-state index contributed by atoms with van der Waals surface area (Å²) in [5, 5.41) is 0.605. The van der Waals surface area contributed by atoms with E-state index in [1.54, 1.807) is 24.3 Å². The number of imide groups is 1. The maximum absolute atomic E-state index is 12.5. The molecule has 0 unspecified atom stereocenters. The van der Waals surface area contributed by atoms with Gasteiger partial charge in [-0.3, -0.25) is 14.5 Å². The number of halogens is 1. The fraction of sp³-hybridized carbons (Fsp3) is 0.467. The molecule has 1 aliphatic carbocycles. The first-order valence-corrected chi connectivity index (χ1v) is 7.09. The minimum atomic E-state index is -0.119. The third-order valence-corrected chi connectivity index (χ3v) is 4.52. The van der Waals surface area contributed by atoms with Crippen LogP contribution in [-0.2, 0) is 9.59 Å². The number of nitrogens with zero attached hydrogens (tertiary/aromatic N) is 1. The fourth-order valence-electron chi connectivity index (χ4n) is 3.23. The molecular weight excluding hydrogens is 262 g/mol. The van der Waals surface area contributed by atoms with Crippen molar-refractivity contribution in [1.82, 2.24) is 0 Å². The Bertz CT molecular complexity index is 525. The highest BCUT2D eigenvalue weighted by Gasteiger charge is 2.49. The van der Waals surface area contributed by atoms with Crippen molar-refractivity contribution < 1.29 is 9.59 Å². The summed E-state index contributed by atoms with van der Waals surface area (Å²) in [7, 11) is 0. The number of fused-ring (bicyclic) bond motifs is 1. The van der Waals surface area contributed by atoms with Gasteiger partial charge >= 0.3 is 0 Å². The number of anilines is 1. The third kappa shape index (κ3) is 2.06. The average Bonchev–Trinajstić information content (AvgIpc) is 2.63. The van der Waals surface area contributed by atoms with Crippen LogP contribution in [0.1, 0.15) is 26.2 Å². The van der Waals surface area contributed by atoms with Crippen molar-refractivity contribution in [2.45, 2.75) is 26.2 Å². The van der Waals surface area contributed by atoms with Gasteiger partial charge in [-0.05, 0) is 49.4 Å². The molecule has 0 aromatic heterocycles. The highest BCUT2D eigenvalue weighted by atomic mass is 35.5. The summed E-state index contributed by atoms with van der Waals surface area (Å²) < 4.78 is 0. The second-order valence-corrected chi connectivity index (χ2v) is 6.06. The van der Waals surface area contributed by atoms with Crippen molar-refractivity contribution >= 4 is 29.1 Å². The van der Waals surface area contributed by atoms with Gasteiger partial charge in [-0.25, -0.2) is 0 Å². The molecule has 0 N–H and O–H groups in total. The van der Waals surface area contributed by atoms with E-state index >= 15 is 0 Å². The molecule has 1 saturated heterocycles. The zero-order valence-corrected chi connectivity index (χ0v) is 11.6. The maximum atomic E-state index is 12.5. The van der Waals surface area contributed by atoms with E-state index in [0.717, 1.165) is 19.3 Å². The molecule has 3 rings (SSSR count). The SMILES string of the molecule is C[C@@H]1CC[C@H]2C(=O)N(c3ccc(Cl)cc3)C(=O)[C@H]2C1. The molecule has 0 bridgehead atoms. The summed E-state index contributed by atoms with van der Waals surface area (Å²) in [5.41, 5.74) is 0.640. The normalized spacial score (nSPS) is 30.6. The lowest BCUT2D eigenvalue weighted by atomic mass is 9.76. The van der Waals surface area contributed by atoms with Crippen LogP contribution in [0.3, 0.4) is 0 Å². The minimum absolute atomic E-state index is 0.0378. The Labute approximate surface area is 117 Å². The molecule has 1 heterocycles. The predicted molar refractivity (Wildman–Crippen MR) is 73.9 cm³/mol. The molecule has 1 saturated carbocycles. The molecule has 1 aliphatic heterocycles. The Morgan fingerprint density at radius 1 is 1.05 bits per heavy atom. The van der Waals surface area contributed by atoms with Crippen LogP contribution in [0.4, 0.5) is 5.69 Å². The van der Waals surface area contributed by atoms with Gasteiger partial charge in [0.1, 0.15) is 0 Å². The van der Waals surface area contributed by atoms with E-state index in [2.05, 4.69) is 6.92 Å². The molecule has 2 aliphatic rings. The lowest BCUT2D eigenvalue weighted by molar-refractivity contribution is -0.122. The molecule has 3 atom stereocenters. The van der Waals surface area contributed by atoms with Gasteiger partial charge in [0, 0.05) is 5.02 Å². The maximum Gasteiger partial charge on any atom is 0.237 e. The minimum Gasteiger partial charge on any atom is -0.274 e. The van der Waals surface area contributed by atoms with Gasteiger partial charge in [-0.1, -0.05) is 18.5 Å². The van der Waals surface area contributed by atoms with Crippen LogP contribution in [0.25, 0.3) is 0 Å². The van der Waals surface area contributed by atoms with E-state index < -0.39 is 0 Å². The highest BCUT2D eigenvalue weighted by molar-refractivity contribution is 6.30. The first-order valence-electron chi connectivity index (χ1n) is 6.71. The van der Waals surface area contributed by atoms with Crippen molar-refractivity contribution in [2.75, 3.05) is 4.90 Å². The van der Waals surface area contributed by atoms with Crippen LogP contribution < -0.4 is 4.90 Å². The molecule has 19 heavy (non-hydrogen) atoms. The van der Waals surface area contributed by atoms with Crippen molar-refractivity contribution in [3.63, 3.8) is 0 Å². The van der Waals surface area contributed by atoms with Crippen LogP contribution in [0, 0.1) is 17.8 Å². The third-order valence-electron chi connectivity index (χ3n) is 4.27. The number of rotatable bonds is 1. The first kappa shape index (κ1) is 12.7. The monoisotopic (exact) mass is 277 g/mol. The van der Waals surface area contributed by atoms with Crippen molar-refractivity contribution in [3.05, 3.63) is 29.3 Å². The Morgan fingerprint density at radius 2 is 1.68 bits per heavy atom. The summed E-state index contributed by atoms with van der Waals surface area (Å²) in [4.78, 5) is 26.2. The lowest BCUT2D eigenvalue weighted by Gasteiger charge is -2.25. The van der Waals surface area contributed by atoms with Crippen molar-refractivity contribution in [2.24, 2.45) is 17.8 Å². The average molecular weight is 278 g/mol. The summed E-state index contributed by atoms with van der Waals surface area (Å²) >= 11 is 5.84. The Kier molecular flexibility index (Phi) is 3.09. The predicted octanol–water partition coefficient (Wildman–Crippen LogP) is 3.27. The summed E-state index contributed by atoms with van der Waals surface area (Å²) in [5.74, 6) is 0.225. The van der Waals surface area contributed by atoms with Crippen molar-refractivity contribution in [1.29, 1.82) is 0 Å². The molecule has 2 amide bonds. The zero-order chi connectivity index (χ0) is 13.6. The second-order valence-electron chi connectivity index (χ2n) is 5.62. The molecule has 0 radical (unpaired) electrons. The van der Waals surface area contributed by atoms with E-state index in [0.29, 0.717) is 16.6 Å². The molecule has 1 aromatic carbocycles. The van der Waals surface area contributed by atoms with Gasteiger partial charge in [0.15, 0.2) is 0 Å². The molecular formula is C15H16ClNO2. The smallest absolute Gasteiger partial charge is 0.237 e. The zero-order valence-electron chi connectivity index (χ0n) is 10.8. The molecule has 2 fully saturated rings. The molecule has 100 valence electrons. The van der Waals surface area contributed by atoms with E-state index in [1.807, 2.05) is 0 Å². The number of amides is 2. The topological polar surface area (TPSA) is 37.4 Å². The van der Waals surface area contributed by atoms with Crippen LogP contribution in [-0.4, -0.2) is 11.8 Å². The number of benzene rings is 1. The van der Waals surface area contributed by atoms with E-state index in [1.165, 1.54) is 4.90 Å². The van der Waals surface area contributed by atoms with Gasteiger partial charge < -0.3 is 0 Å². The van der Waals surface area contributed by atoms with Crippen molar-refractivity contribution in [3.8, 4) is 0 Å². The number of carbonyl (C=O) groups is 2. The Balaban J connectivity index is 1.93. The van der Waals surface area contributed by atoms with E-state index in [4.69, 9.17) is 11.6 Å². The first-order chi connectivity index (χ1) is 9.08. The highest BCUT2D eigenvalue weighted by Crippen LogP contribution is 2.42. The number of hydrogen-bond donors (Lipinski definition) is 0. The standard InChI is InChI=1S/C15H16ClNO2/c1-9-2-7-12-13(8-9)15(19)17(14(12)18)11-5-3-10(16)4-6-11/h3-6,9,12-13H,2,7-8H2,1H3/t9-,12-,13+/m1/s1. The van der Waals surface area contributed by atoms with Gasteiger partial charge in [-0.15, -0.1) is 0 Å². The van der Waals surface area contributed by atoms with E-state index in [9.17, 15) is 9.59 Å². The quantitative estimate of drug-likeness (QED) is 0.739. The molecule has 0 spiro atoms. The number of hydrogen-bond acceptors (Lipinski definition) is 2. The second kappa shape index (κ2) is 4.64. The fourth-order valence-corrected chi connectivity index (χ4v) is 3.36. The van der Waals surface area contributed by atoms with Crippen LogP contribution in [0.5, 0.6) is 0 Å². The summed E-state index contributed by atoms with van der Waals surface area (Å²) in [6.45, 7) is 2.15. The number of carbonyl (C=O) groups excluding carboxylic acids is 2. The van der Waals surface area contributed by atoms with E-state index in [-0.39, 0.29) is 23.7 Å². The molecule has 4 heteroatoms. The molecule has 1 aromatic rings. The van der Waals surface area contributed by atoms with Gasteiger partial charge in [0.25, 0.3) is 0 Å². The van der Waals surface area contributed by atoms with Crippen LogP contribution in [0.15, 0.2) is 24.3 Å². The summed E-state index contributed by atoms with van der Waals surface area (Å²) in [6.07, 6.45) is 2.70. The van der Waals surface area contributed by atoms with Crippen LogP contribution in [0.2, 0.25) is 5.02 Å². The van der Waals surface area contributed by atoms with Gasteiger partial charge in [0.2, 0.25) is 11.8 Å². The summed E-state index contributed by atoms with van der Waals surface area (Å²) in [6, 6.07) is 6.89. The Hall–Kier alpha value is -1.35. The lowest BCUT2D eigenvalue weighted by Crippen LogP contribution is -2.30.